The number of hydrogen-bond acceptors (Lipinski definition) is 2. The van der Waals surface area contributed by atoms with Crippen molar-refractivity contribution in [3.05, 3.63) is 0 Å². The number of nitrogens with one attached hydrogen (secondary N) is 2. The van der Waals surface area contributed by atoms with Gasteiger partial charge < -0.3 is 10.4 Å². The van der Waals surface area contributed by atoms with E-state index in [0.717, 1.165) is 6.42 Å². The number of rotatable bonds is 1. The third kappa shape index (κ3) is 1.77. The van der Waals surface area contributed by atoms with Crippen molar-refractivity contribution in [3.8, 4) is 0 Å². The van der Waals surface area contributed by atoms with E-state index in [-0.39, 0.29) is 11.7 Å². The van der Waals surface area contributed by atoms with Gasteiger partial charge in [-0.25, -0.2) is 4.79 Å². The third-order valence-corrected chi connectivity index (χ3v) is 3.18. The van der Waals surface area contributed by atoms with Gasteiger partial charge in [-0.1, -0.05) is 19.3 Å². The summed E-state index contributed by atoms with van der Waals surface area (Å²) in [6.07, 6.45) is 6.37. The molecule has 74 valence electrons. The summed E-state index contributed by atoms with van der Waals surface area (Å²) >= 11 is 0. The van der Waals surface area contributed by atoms with Crippen LogP contribution in [0.5, 0.6) is 0 Å². The van der Waals surface area contributed by atoms with E-state index >= 15 is 0 Å². The minimum absolute atomic E-state index is 0.00407. The zero-order valence-electron chi connectivity index (χ0n) is 7.68. The van der Waals surface area contributed by atoms with Crippen LogP contribution in [0.4, 0.5) is 4.79 Å². The highest BCUT2D eigenvalue weighted by molar-refractivity contribution is 5.65. The zero-order chi connectivity index (χ0) is 9.31. The molecule has 2 fully saturated rings. The van der Waals surface area contributed by atoms with Crippen molar-refractivity contribution in [1.29, 1.82) is 0 Å². The lowest BCUT2D eigenvalue weighted by molar-refractivity contribution is 0.0697. The second-order valence-electron chi connectivity index (χ2n) is 4.19. The van der Waals surface area contributed by atoms with E-state index in [2.05, 4.69) is 10.6 Å². The van der Waals surface area contributed by atoms with E-state index in [4.69, 9.17) is 5.11 Å². The van der Waals surface area contributed by atoms with Gasteiger partial charge in [-0.15, -0.1) is 0 Å². The first kappa shape index (κ1) is 8.81. The van der Waals surface area contributed by atoms with Gasteiger partial charge in [-0.2, -0.15) is 0 Å². The molecule has 1 heterocycles. The molecule has 1 aliphatic heterocycles. The van der Waals surface area contributed by atoms with E-state index in [0.29, 0.717) is 0 Å². The van der Waals surface area contributed by atoms with Gasteiger partial charge >= 0.3 is 6.09 Å². The van der Waals surface area contributed by atoms with E-state index in [9.17, 15) is 4.79 Å². The summed E-state index contributed by atoms with van der Waals surface area (Å²) in [5.74, 6) is 0. The summed E-state index contributed by atoms with van der Waals surface area (Å²) in [5, 5.41) is 14.3. The second kappa shape index (κ2) is 3.18. The van der Waals surface area contributed by atoms with Crippen LogP contribution in [-0.2, 0) is 0 Å². The fourth-order valence-electron chi connectivity index (χ4n) is 2.55. The van der Waals surface area contributed by atoms with Crippen LogP contribution >= 0.6 is 0 Å². The second-order valence-corrected chi connectivity index (χ2v) is 4.19. The van der Waals surface area contributed by atoms with Gasteiger partial charge in [-0.3, -0.25) is 5.32 Å². The highest BCUT2D eigenvalue weighted by atomic mass is 16.4. The molecule has 1 atom stereocenters. The smallest absolute Gasteiger partial charge is 0.405 e. The van der Waals surface area contributed by atoms with Gasteiger partial charge in [0.1, 0.15) is 0 Å². The maximum atomic E-state index is 10.3. The normalized spacial score (nSPS) is 30.9. The van der Waals surface area contributed by atoms with Crippen LogP contribution in [0.3, 0.4) is 0 Å². The molecule has 2 aliphatic rings. The molecule has 1 amide bonds. The average molecular weight is 184 g/mol. The molecule has 0 aromatic carbocycles. The Bertz CT molecular complexity index is 204. The summed E-state index contributed by atoms with van der Waals surface area (Å²) in [6.45, 7) is 0. The fraction of sp³-hybridized carbons (Fsp3) is 0.889. The van der Waals surface area contributed by atoms with E-state index in [1.54, 1.807) is 0 Å². The lowest BCUT2D eigenvalue weighted by Gasteiger charge is -2.51. The summed E-state index contributed by atoms with van der Waals surface area (Å²) in [4.78, 5) is 10.3. The molecular formula is C9H16N2O2. The minimum Gasteiger partial charge on any atom is -0.465 e. The van der Waals surface area contributed by atoms with Crippen molar-refractivity contribution in [2.75, 3.05) is 0 Å². The molecule has 0 bridgehead atoms. The molecule has 0 aromatic heterocycles. The first-order valence-corrected chi connectivity index (χ1v) is 4.97. The van der Waals surface area contributed by atoms with Crippen molar-refractivity contribution < 1.29 is 9.90 Å². The van der Waals surface area contributed by atoms with Crippen LogP contribution < -0.4 is 10.6 Å². The average Bonchev–Trinajstić information content (AvgIpc) is 2.02. The number of carboxylic acid groups (broad SMARTS) is 1. The van der Waals surface area contributed by atoms with Crippen LogP contribution in [0.25, 0.3) is 0 Å². The van der Waals surface area contributed by atoms with Gasteiger partial charge in [0.2, 0.25) is 0 Å². The minimum atomic E-state index is -0.928. The van der Waals surface area contributed by atoms with E-state index in [1.165, 1.54) is 32.1 Å². The highest BCUT2D eigenvalue weighted by Gasteiger charge is 2.44. The number of amides is 1. The van der Waals surface area contributed by atoms with Crippen molar-refractivity contribution in [2.45, 2.75) is 50.2 Å². The maximum Gasteiger partial charge on any atom is 0.405 e. The Labute approximate surface area is 77.7 Å². The predicted molar refractivity (Wildman–Crippen MR) is 48.5 cm³/mol. The molecule has 1 spiro atoms. The predicted octanol–water partition coefficient (Wildman–Crippen LogP) is 1.28. The first-order chi connectivity index (χ1) is 6.20. The van der Waals surface area contributed by atoms with Crippen LogP contribution in [0.2, 0.25) is 0 Å². The lowest BCUT2D eigenvalue weighted by atomic mass is 9.73. The molecule has 1 saturated heterocycles. The van der Waals surface area contributed by atoms with Crippen LogP contribution in [-0.4, -0.2) is 22.9 Å². The summed E-state index contributed by atoms with van der Waals surface area (Å²) < 4.78 is 0. The van der Waals surface area contributed by atoms with E-state index in [1.807, 2.05) is 0 Å². The van der Waals surface area contributed by atoms with Crippen LogP contribution in [0.15, 0.2) is 0 Å². The molecule has 2 rings (SSSR count). The Kier molecular flexibility index (Phi) is 2.15. The summed E-state index contributed by atoms with van der Waals surface area (Å²) in [7, 11) is 0. The quantitative estimate of drug-likeness (QED) is 0.575. The first-order valence-electron chi connectivity index (χ1n) is 4.97. The molecule has 4 nitrogen and oxygen atoms in total. The maximum absolute atomic E-state index is 10.3. The van der Waals surface area contributed by atoms with Gasteiger partial charge in [0, 0.05) is 5.54 Å². The Morgan fingerprint density at radius 3 is 2.54 bits per heavy atom. The van der Waals surface area contributed by atoms with Gasteiger partial charge in [0.05, 0.1) is 6.17 Å². The molecule has 13 heavy (non-hydrogen) atoms. The van der Waals surface area contributed by atoms with Crippen molar-refractivity contribution in [2.24, 2.45) is 0 Å². The molecule has 1 saturated carbocycles. The molecule has 0 aromatic rings. The summed E-state index contributed by atoms with van der Waals surface area (Å²) in [5.41, 5.74) is 0.283. The van der Waals surface area contributed by atoms with Crippen LogP contribution in [0.1, 0.15) is 38.5 Å². The Morgan fingerprint density at radius 1 is 1.38 bits per heavy atom. The Balaban J connectivity index is 1.78. The molecule has 3 N–H and O–H groups in total. The van der Waals surface area contributed by atoms with Crippen molar-refractivity contribution in [1.82, 2.24) is 10.6 Å². The highest BCUT2D eigenvalue weighted by Crippen LogP contribution is 2.37. The number of carbonyl (C=O) groups is 1. The molecular weight excluding hydrogens is 168 g/mol. The largest absolute Gasteiger partial charge is 0.465 e. The van der Waals surface area contributed by atoms with Gasteiger partial charge in [-0.05, 0) is 19.3 Å². The van der Waals surface area contributed by atoms with Crippen LogP contribution in [0, 0.1) is 0 Å². The molecule has 1 unspecified atom stereocenters. The number of hydrogen-bond donors (Lipinski definition) is 3. The van der Waals surface area contributed by atoms with Gasteiger partial charge in [0.25, 0.3) is 0 Å². The van der Waals surface area contributed by atoms with Gasteiger partial charge in [0.15, 0.2) is 0 Å². The lowest BCUT2D eigenvalue weighted by Crippen LogP contribution is -2.69. The topological polar surface area (TPSA) is 61.4 Å². The molecule has 4 heteroatoms. The monoisotopic (exact) mass is 184 g/mol. The Hall–Kier alpha value is -0.770. The molecule has 1 aliphatic carbocycles. The third-order valence-electron chi connectivity index (χ3n) is 3.18. The zero-order valence-corrected chi connectivity index (χ0v) is 7.68. The molecule has 0 radical (unpaired) electrons. The summed E-state index contributed by atoms with van der Waals surface area (Å²) in [6, 6.07) is 0. The standard InChI is InChI=1S/C9H16N2O2/c12-8(13)10-7-6-9(11-7)4-2-1-3-5-9/h7,10-11H,1-6H2,(H,12,13). The Morgan fingerprint density at radius 2 is 2.00 bits per heavy atom. The van der Waals surface area contributed by atoms with E-state index < -0.39 is 6.09 Å². The SMILES string of the molecule is O=C(O)NC1CC2(CCCCC2)N1. The van der Waals surface area contributed by atoms with Crippen molar-refractivity contribution >= 4 is 6.09 Å². The fourth-order valence-corrected chi connectivity index (χ4v) is 2.55. The van der Waals surface area contributed by atoms with Crippen molar-refractivity contribution in [3.63, 3.8) is 0 Å².